The molecule has 0 spiro atoms. The van der Waals surface area contributed by atoms with Crippen LogP contribution < -0.4 is 10.1 Å². The molecule has 168 valence electrons. The Morgan fingerprint density at radius 1 is 0.750 bits per heavy atom. The lowest BCUT2D eigenvalue weighted by molar-refractivity contribution is -0.140. The van der Waals surface area contributed by atoms with E-state index in [1.165, 1.54) is 24.3 Å². The van der Waals surface area contributed by atoms with Gasteiger partial charge in [0.25, 0.3) is 0 Å². The van der Waals surface area contributed by atoms with Crippen molar-refractivity contribution in [3.05, 3.63) is 65.5 Å². The number of ketones is 1. The molecule has 1 N–H and O–H groups in total. The number of hydrogen-bond donors (Lipinski definition) is 1. The van der Waals surface area contributed by atoms with E-state index in [0.29, 0.717) is 29.7 Å². The predicted octanol–water partition coefficient (Wildman–Crippen LogP) is 4.83. The first-order valence-corrected chi connectivity index (χ1v) is 11.4. The summed E-state index contributed by atoms with van der Waals surface area (Å²) in [5.74, 6) is -0.352. The van der Waals surface area contributed by atoms with Crippen molar-refractivity contribution in [2.45, 2.75) is 57.4 Å². The van der Waals surface area contributed by atoms with Gasteiger partial charge in [-0.1, -0.05) is 12.8 Å². The van der Waals surface area contributed by atoms with E-state index < -0.39 is 5.82 Å². The van der Waals surface area contributed by atoms with Crippen molar-refractivity contribution in [2.75, 3.05) is 0 Å². The summed E-state index contributed by atoms with van der Waals surface area (Å²) in [4.78, 5) is 37.3. The van der Waals surface area contributed by atoms with Crippen LogP contribution in [0.1, 0.15) is 67.3 Å². The molecule has 0 heterocycles. The van der Waals surface area contributed by atoms with Crippen molar-refractivity contribution in [3.63, 3.8) is 0 Å². The number of carbonyl (C=O) groups is 3. The first-order valence-electron chi connectivity index (χ1n) is 11.4. The highest BCUT2D eigenvalue weighted by Crippen LogP contribution is 2.29. The molecule has 2 aromatic carbocycles. The van der Waals surface area contributed by atoms with Crippen LogP contribution in [0.5, 0.6) is 5.75 Å². The molecule has 4 rings (SSSR count). The summed E-state index contributed by atoms with van der Waals surface area (Å²) in [6.45, 7) is 0. The average Bonchev–Trinajstić information content (AvgIpc) is 3.35. The van der Waals surface area contributed by atoms with E-state index in [-0.39, 0.29) is 35.5 Å². The molecule has 0 aromatic heterocycles. The maximum atomic E-state index is 13.0. The first-order chi connectivity index (χ1) is 15.5. The molecule has 5 nitrogen and oxygen atoms in total. The second kappa shape index (κ2) is 10.1. The zero-order chi connectivity index (χ0) is 22.5. The van der Waals surface area contributed by atoms with Crippen LogP contribution >= 0.6 is 0 Å². The van der Waals surface area contributed by atoms with Crippen LogP contribution in [0.25, 0.3) is 0 Å². The molecule has 2 saturated carbocycles. The molecule has 2 aliphatic rings. The number of halogens is 1. The largest absolute Gasteiger partial charge is 0.426 e. The minimum Gasteiger partial charge on any atom is -0.426 e. The van der Waals surface area contributed by atoms with E-state index in [9.17, 15) is 18.8 Å². The summed E-state index contributed by atoms with van der Waals surface area (Å²) in [5, 5.41) is 3.16. The molecule has 0 unspecified atom stereocenters. The van der Waals surface area contributed by atoms with Gasteiger partial charge in [-0.3, -0.25) is 14.4 Å². The molecule has 2 aromatic rings. The fraction of sp³-hybridized carbons (Fsp3) is 0.423. The third-order valence-corrected chi connectivity index (χ3v) is 6.57. The van der Waals surface area contributed by atoms with Gasteiger partial charge in [0.15, 0.2) is 5.78 Å². The summed E-state index contributed by atoms with van der Waals surface area (Å²) < 4.78 is 18.6. The monoisotopic (exact) mass is 437 g/mol. The van der Waals surface area contributed by atoms with Crippen LogP contribution in [0.3, 0.4) is 0 Å². The van der Waals surface area contributed by atoms with E-state index in [1.54, 1.807) is 24.3 Å². The molecule has 2 fully saturated rings. The Balaban J connectivity index is 1.25. The zero-order valence-corrected chi connectivity index (χ0v) is 18.0. The van der Waals surface area contributed by atoms with Gasteiger partial charge in [-0.2, -0.15) is 0 Å². The second-order valence-corrected chi connectivity index (χ2v) is 8.82. The fourth-order valence-electron chi connectivity index (χ4n) is 4.62. The normalized spacial score (nSPS) is 21.2. The fourth-order valence-corrected chi connectivity index (χ4v) is 4.62. The van der Waals surface area contributed by atoms with E-state index in [2.05, 4.69) is 5.32 Å². The third kappa shape index (κ3) is 5.42. The van der Waals surface area contributed by atoms with Gasteiger partial charge in [0.2, 0.25) is 5.91 Å². The predicted molar refractivity (Wildman–Crippen MR) is 118 cm³/mol. The van der Waals surface area contributed by atoms with Crippen LogP contribution in [0, 0.1) is 17.7 Å². The number of carbonyl (C=O) groups excluding carboxylic acids is 3. The lowest BCUT2D eigenvalue weighted by Gasteiger charge is -2.28. The number of hydrogen-bond acceptors (Lipinski definition) is 4. The van der Waals surface area contributed by atoms with Gasteiger partial charge in [-0.15, -0.1) is 0 Å². The molecule has 0 bridgehead atoms. The Labute approximate surface area is 187 Å². The van der Waals surface area contributed by atoms with E-state index >= 15 is 0 Å². The minimum absolute atomic E-state index is 0.143. The third-order valence-electron chi connectivity index (χ3n) is 6.57. The maximum Gasteiger partial charge on any atom is 0.314 e. The number of benzene rings is 2. The quantitative estimate of drug-likeness (QED) is 0.399. The van der Waals surface area contributed by atoms with Crippen LogP contribution in [0.2, 0.25) is 0 Å². The Morgan fingerprint density at radius 2 is 1.31 bits per heavy atom. The molecular weight excluding hydrogens is 409 g/mol. The summed E-state index contributed by atoms with van der Waals surface area (Å²) >= 11 is 0. The molecule has 1 amide bonds. The molecule has 2 aliphatic carbocycles. The second-order valence-electron chi connectivity index (χ2n) is 8.82. The Hall–Kier alpha value is -3.02. The Bertz CT molecular complexity index is 956. The molecule has 0 saturated heterocycles. The molecule has 0 radical (unpaired) electrons. The highest BCUT2D eigenvalue weighted by Gasteiger charge is 2.30. The van der Waals surface area contributed by atoms with Gasteiger partial charge in [0.1, 0.15) is 11.6 Å². The Kier molecular flexibility index (Phi) is 6.98. The highest BCUT2D eigenvalue weighted by molar-refractivity contribution is 6.09. The van der Waals surface area contributed by atoms with Gasteiger partial charge >= 0.3 is 5.97 Å². The van der Waals surface area contributed by atoms with E-state index in [0.717, 1.165) is 38.5 Å². The summed E-state index contributed by atoms with van der Waals surface area (Å²) in [6.07, 6.45) is 7.19. The standard InChI is InChI=1S/C26H28FNO4/c27-21-11-5-17(6-12-21)24(29)18-9-15-23(16-10-18)32-26(31)20-7-13-22(14-8-20)28-25(30)19-3-1-2-4-19/h5-6,9-12,15-16,19-20,22H,1-4,7-8,13-14H2,(H,28,30). The number of nitrogens with one attached hydrogen (secondary N) is 1. The van der Waals surface area contributed by atoms with Crippen LogP contribution in [-0.4, -0.2) is 23.7 Å². The topological polar surface area (TPSA) is 72.5 Å². The molecular formula is C26H28FNO4. The van der Waals surface area contributed by atoms with Gasteiger partial charge in [0, 0.05) is 23.1 Å². The minimum atomic E-state index is -0.394. The SMILES string of the molecule is O=C(c1ccc(F)cc1)c1ccc(OC(=O)C2CCC(NC(=O)C3CCCC3)CC2)cc1. The smallest absolute Gasteiger partial charge is 0.314 e. The molecule has 0 atom stereocenters. The lowest BCUT2D eigenvalue weighted by atomic mass is 9.86. The molecule has 0 aliphatic heterocycles. The van der Waals surface area contributed by atoms with Crippen LogP contribution in [0.15, 0.2) is 48.5 Å². The van der Waals surface area contributed by atoms with E-state index in [1.807, 2.05) is 0 Å². The first kappa shape index (κ1) is 22.2. The van der Waals surface area contributed by atoms with E-state index in [4.69, 9.17) is 4.74 Å². The summed E-state index contributed by atoms with van der Waals surface area (Å²) in [5.41, 5.74) is 0.836. The average molecular weight is 438 g/mol. The van der Waals surface area contributed by atoms with Crippen molar-refractivity contribution in [1.29, 1.82) is 0 Å². The summed E-state index contributed by atoms with van der Waals surface area (Å²) in [6, 6.07) is 11.9. The van der Waals surface area contributed by atoms with Crippen LogP contribution in [0.4, 0.5) is 4.39 Å². The van der Waals surface area contributed by atoms with Crippen molar-refractivity contribution in [1.82, 2.24) is 5.32 Å². The highest BCUT2D eigenvalue weighted by atomic mass is 19.1. The number of ether oxygens (including phenoxy) is 1. The van der Waals surface area contributed by atoms with Gasteiger partial charge < -0.3 is 10.1 Å². The summed E-state index contributed by atoms with van der Waals surface area (Å²) in [7, 11) is 0. The number of rotatable bonds is 6. The van der Waals surface area contributed by atoms with Crippen molar-refractivity contribution in [3.8, 4) is 5.75 Å². The number of amides is 1. The molecule has 6 heteroatoms. The number of esters is 1. The van der Waals surface area contributed by atoms with Gasteiger partial charge in [0.05, 0.1) is 5.92 Å². The zero-order valence-electron chi connectivity index (χ0n) is 18.0. The maximum absolute atomic E-state index is 13.0. The van der Waals surface area contributed by atoms with Crippen LogP contribution in [-0.2, 0) is 9.59 Å². The molecule has 32 heavy (non-hydrogen) atoms. The Morgan fingerprint density at radius 3 is 1.91 bits per heavy atom. The van der Waals surface area contributed by atoms with Crippen molar-refractivity contribution in [2.24, 2.45) is 11.8 Å². The lowest BCUT2D eigenvalue weighted by Crippen LogP contribution is -2.41. The van der Waals surface area contributed by atoms with Gasteiger partial charge in [-0.05, 0) is 87.1 Å². The van der Waals surface area contributed by atoms with Crippen molar-refractivity contribution >= 4 is 17.7 Å². The van der Waals surface area contributed by atoms with Crippen molar-refractivity contribution < 1.29 is 23.5 Å². The van der Waals surface area contributed by atoms with Gasteiger partial charge in [-0.25, -0.2) is 4.39 Å².